The van der Waals surface area contributed by atoms with Crippen LogP contribution in [-0.4, -0.2) is 35.6 Å². The molecule has 0 radical (unpaired) electrons. The molecule has 0 fully saturated rings. The summed E-state index contributed by atoms with van der Waals surface area (Å²) in [5.74, 6) is 1.42. The van der Waals surface area contributed by atoms with Crippen LogP contribution in [-0.2, 0) is 0 Å². The van der Waals surface area contributed by atoms with Crippen molar-refractivity contribution in [3.05, 3.63) is 60.3 Å². The lowest BCUT2D eigenvalue weighted by atomic mass is 10.1. The van der Waals surface area contributed by atoms with Gasteiger partial charge in [0.15, 0.2) is 0 Å². The van der Waals surface area contributed by atoms with Gasteiger partial charge < -0.3 is 10.2 Å². The van der Waals surface area contributed by atoms with Gasteiger partial charge >= 0.3 is 0 Å². The number of nitriles is 1. The van der Waals surface area contributed by atoms with Gasteiger partial charge in [-0.15, -0.1) is 0 Å². The van der Waals surface area contributed by atoms with E-state index in [-0.39, 0.29) is 0 Å². The van der Waals surface area contributed by atoms with Crippen molar-refractivity contribution in [1.29, 1.82) is 5.26 Å². The standard InChI is InChI=1S/C24H26N8/c1-4-31(5-2)23-14-18(6-7-19(23)15-25)22-12-13-26-24(29-22)28-20-8-10-21(11-9-20)32-16-27-17(3)30-32/h6-14H,4-5,16H2,1-3H3,(H,27,30)(H,26,28,29). The molecule has 1 aliphatic heterocycles. The third-order valence-electron chi connectivity index (χ3n) is 5.35. The lowest BCUT2D eigenvalue weighted by Crippen LogP contribution is -2.34. The van der Waals surface area contributed by atoms with Crippen LogP contribution < -0.4 is 20.7 Å². The molecule has 0 aliphatic carbocycles. The minimum atomic E-state index is 0.516. The summed E-state index contributed by atoms with van der Waals surface area (Å²) in [6.07, 6.45) is 1.74. The quantitative estimate of drug-likeness (QED) is 0.582. The second-order valence-corrected chi connectivity index (χ2v) is 7.38. The van der Waals surface area contributed by atoms with Gasteiger partial charge in [-0.25, -0.2) is 15.0 Å². The normalized spacial score (nSPS) is 12.7. The van der Waals surface area contributed by atoms with Gasteiger partial charge in [-0.1, -0.05) is 6.07 Å². The van der Waals surface area contributed by atoms with Gasteiger partial charge in [0, 0.05) is 30.5 Å². The van der Waals surface area contributed by atoms with Crippen molar-refractivity contribution in [1.82, 2.24) is 15.4 Å². The summed E-state index contributed by atoms with van der Waals surface area (Å²) in [5, 5.41) is 14.8. The van der Waals surface area contributed by atoms with Gasteiger partial charge in [-0.2, -0.15) is 5.26 Å². The van der Waals surface area contributed by atoms with Crippen molar-refractivity contribution in [2.45, 2.75) is 20.8 Å². The lowest BCUT2D eigenvalue weighted by Gasteiger charge is -2.22. The first-order valence-corrected chi connectivity index (χ1v) is 10.7. The van der Waals surface area contributed by atoms with Crippen LogP contribution in [0.25, 0.3) is 11.3 Å². The number of nitrogens with zero attached hydrogens (tertiary/aromatic N) is 6. The smallest absolute Gasteiger partial charge is 0.227 e. The third kappa shape index (κ3) is 4.47. The third-order valence-corrected chi connectivity index (χ3v) is 5.35. The van der Waals surface area contributed by atoms with E-state index in [0.717, 1.165) is 47.2 Å². The van der Waals surface area contributed by atoms with Crippen molar-refractivity contribution in [2.75, 3.05) is 35.0 Å². The molecule has 0 unspecified atom stereocenters. The second kappa shape index (κ2) is 9.35. The molecule has 32 heavy (non-hydrogen) atoms. The van der Waals surface area contributed by atoms with Crippen LogP contribution in [0.2, 0.25) is 0 Å². The van der Waals surface area contributed by atoms with Crippen molar-refractivity contribution in [3.8, 4) is 17.3 Å². The fraction of sp³-hybridized carbons (Fsp3) is 0.250. The number of nitrogens with one attached hydrogen (secondary N) is 2. The Hall–Kier alpha value is -4.12. The van der Waals surface area contributed by atoms with Gasteiger partial charge in [0.2, 0.25) is 5.95 Å². The molecule has 0 bridgehead atoms. The summed E-state index contributed by atoms with van der Waals surface area (Å²) in [7, 11) is 0. The summed E-state index contributed by atoms with van der Waals surface area (Å²) in [5.41, 5.74) is 8.47. The summed E-state index contributed by atoms with van der Waals surface area (Å²) in [4.78, 5) is 15.6. The SMILES string of the molecule is CCN(CC)c1cc(-c2ccnc(Nc3ccc(N4CN=C(C)N4)cc3)n2)ccc1C#N. The Bertz CT molecular complexity index is 1160. The zero-order valence-electron chi connectivity index (χ0n) is 18.5. The van der Waals surface area contributed by atoms with E-state index in [1.54, 1.807) is 6.20 Å². The molecule has 0 spiro atoms. The number of benzene rings is 2. The van der Waals surface area contributed by atoms with Crippen molar-refractivity contribution in [2.24, 2.45) is 4.99 Å². The highest BCUT2D eigenvalue weighted by Gasteiger charge is 2.13. The van der Waals surface area contributed by atoms with E-state index in [0.29, 0.717) is 18.2 Å². The Morgan fingerprint density at radius 3 is 2.56 bits per heavy atom. The fourth-order valence-electron chi connectivity index (χ4n) is 3.63. The van der Waals surface area contributed by atoms with Crippen LogP contribution in [0.1, 0.15) is 26.3 Å². The highest BCUT2D eigenvalue weighted by molar-refractivity contribution is 5.83. The first-order valence-electron chi connectivity index (χ1n) is 10.7. The largest absolute Gasteiger partial charge is 0.371 e. The number of rotatable bonds is 7. The van der Waals surface area contributed by atoms with E-state index in [4.69, 9.17) is 4.98 Å². The van der Waals surface area contributed by atoms with Crippen molar-refractivity contribution < 1.29 is 0 Å². The molecule has 0 amide bonds. The van der Waals surface area contributed by atoms with Gasteiger partial charge in [0.05, 0.1) is 22.6 Å². The van der Waals surface area contributed by atoms with Gasteiger partial charge in [-0.05, 0) is 63.2 Å². The molecule has 0 saturated carbocycles. The Morgan fingerprint density at radius 2 is 1.91 bits per heavy atom. The molecule has 2 heterocycles. The maximum atomic E-state index is 9.50. The molecular weight excluding hydrogens is 400 g/mol. The van der Waals surface area contributed by atoms with Crippen molar-refractivity contribution in [3.63, 3.8) is 0 Å². The number of hydrogen-bond donors (Lipinski definition) is 2. The highest BCUT2D eigenvalue weighted by atomic mass is 15.6. The molecule has 8 heteroatoms. The van der Waals surface area contributed by atoms with E-state index in [2.05, 4.69) is 45.5 Å². The predicted octanol–water partition coefficient (Wildman–Crippen LogP) is 4.31. The van der Waals surface area contributed by atoms with Crippen LogP contribution in [0.15, 0.2) is 59.7 Å². The summed E-state index contributed by atoms with van der Waals surface area (Å²) in [6, 6.07) is 18.0. The van der Waals surface area contributed by atoms with Crippen LogP contribution in [0, 0.1) is 11.3 Å². The van der Waals surface area contributed by atoms with E-state index in [9.17, 15) is 5.26 Å². The van der Waals surface area contributed by atoms with Gasteiger partial charge in [-0.3, -0.25) is 10.4 Å². The minimum absolute atomic E-state index is 0.516. The zero-order valence-corrected chi connectivity index (χ0v) is 18.5. The number of hydrazine groups is 1. The summed E-state index contributed by atoms with van der Waals surface area (Å²) in [6.45, 7) is 8.38. The van der Waals surface area contributed by atoms with Crippen molar-refractivity contribution >= 4 is 28.8 Å². The fourth-order valence-corrected chi connectivity index (χ4v) is 3.63. The average Bonchev–Trinajstić information content (AvgIpc) is 3.27. The molecular formula is C24H26N8. The highest BCUT2D eigenvalue weighted by Crippen LogP contribution is 2.28. The van der Waals surface area contributed by atoms with Gasteiger partial charge in [0.25, 0.3) is 0 Å². The maximum Gasteiger partial charge on any atom is 0.227 e. The molecule has 1 aliphatic rings. The molecule has 2 aromatic carbocycles. The second-order valence-electron chi connectivity index (χ2n) is 7.38. The average molecular weight is 427 g/mol. The number of aromatic nitrogens is 2. The predicted molar refractivity (Wildman–Crippen MR) is 129 cm³/mol. The molecule has 8 nitrogen and oxygen atoms in total. The van der Waals surface area contributed by atoms with Crippen LogP contribution in [0.3, 0.4) is 0 Å². The molecule has 4 rings (SSSR count). The Labute approximate surface area is 188 Å². The van der Waals surface area contributed by atoms with E-state index >= 15 is 0 Å². The van der Waals surface area contributed by atoms with Crippen LogP contribution >= 0.6 is 0 Å². The molecule has 0 atom stereocenters. The zero-order chi connectivity index (χ0) is 22.5. The maximum absolute atomic E-state index is 9.50. The first kappa shape index (κ1) is 21.1. The van der Waals surface area contributed by atoms with E-state index < -0.39 is 0 Å². The Balaban J connectivity index is 1.54. The Kier molecular flexibility index (Phi) is 6.17. The van der Waals surface area contributed by atoms with E-state index in [1.807, 2.05) is 60.5 Å². The molecule has 2 N–H and O–H groups in total. The number of aliphatic imine (C=N–C) groups is 1. The summed E-state index contributed by atoms with van der Waals surface area (Å²) < 4.78 is 0. The molecule has 3 aromatic rings. The van der Waals surface area contributed by atoms with Crippen LogP contribution in [0.4, 0.5) is 23.0 Å². The Morgan fingerprint density at radius 1 is 1.12 bits per heavy atom. The lowest BCUT2D eigenvalue weighted by molar-refractivity contribution is 0.840. The first-order chi connectivity index (χ1) is 15.6. The molecule has 162 valence electrons. The van der Waals surface area contributed by atoms with Crippen LogP contribution in [0.5, 0.6) is 0 Å². The van der Waals surface area contributed by atoms with Gasteiger partial charge in [0.1, 0.15) is 18.6 Å². The van der Waals surface area contributed by atoms with E-state index in [1.165, 1.54) is 0 Å². The monoisotopic (exact) mass is 426 g/mol. The minimum Gasteiger partial charge on any atom is -0.371 e. The summed E-state index contributed by atoms with van der Waals surface area (Å²) >= 11 is 0. The topological polar surface area (TPSA) is 92.5 Å². The number of anilines is 4. The number of hydrogen-bond acceptors (Lipinski definition) is 8. The molecule has 1 aromatic heterocycles. The molecule has 0 saturated heterocycles. The number of amidine groups is 1.